The van der Waals surface area contributed by atoms with E-state index >= 15 is 8.78 Å². The molecular formula is C20H17F2N5S. The average Bonchev–Trinajstić information content (AvgIpc) is 3.27. The van der Waals surface area contributed by atoms with Crippen LogP contribution < -0.4 is 0 Å². The second-order valence-corrected chi connectivity index (χ2v) is 7.32. The minimum atomic E-state index is -3.33. The lowest BCUT2D eigenvalue weighted by molar-refractivity contribution is 0.0236. The summed E-state index contributed by atoms with van der Waals surface area (Å²) in [5.74, 6) is -3.52. The van der Waals surface area contributed by atoms with Crippen LogP contribution >= 0.6 is 11.3 Å². The van der Waals surface area contributed by atoms with Crippen molar-refractivity contribution in [1.82, 2.24) is 19.9 Å². The fourth-order valence-electron chi connectivity index (χ4n) is 2.95. The summed E-state index contributed by atoms with van der Waals surface area (Å²) in [6, 6.07) is 7.28. The molecule has 0 aromatic carbocycles. The molecule has 1 aliphatic rings. The summed E-state index contributed by atoms with van der Waals surface area (Å²) in [7, 11) is 0. The topological polar surface area (TPSA) is 56.0 Å². The lowest BCUT2D eigenvalue weighted by Gasteiger charge is -2.18. The van der Waals surface area contributed by atoms with Crippen LogP contribution in [-0.4, -0.2) is 25.6 Å². The van der Waals surface area contributed by atoms with Gasteiger partial charge >= 0.3 is 5.92 Å². The van der Waals surface area contributed by atoms with Crippen molar-refractivity contribution in [2.45, 2.75) is 26.2 Å². The Hall–Kier alpha value is -3.00. The van der Waals surface area contributed by atoms with E-state index in [2.05, 4.69) is 20.3 Å². The van der Waals surface area contributed by atoms with Crippen molar-refractivity contribution in [3.05, 3.63) is 75.3 Å². The average molecular weight is 397 g/mol. The summed E-state index contributed by atoms with van der Waals surface area (Å²) in [6.07, 6.45) is 6.65. The smallest absolute Gasteiger partial charge is 0.256 e. The Balaban J connectivity index is 1.78. The molecule has 3 heterocycles. The van der Waals surface area contributed by atoms with Gasteiger partial charge in [0.1, 0.15) is 0 Å². The second kappa shape index (κ2) is 7.20. The van der Waals surface area contributed by atoms with Crippen molar-refractivity contribution in [2.24, 2.45) is 5.10 Å². The highest BCUT2D eigenvalue weighted by Crippen LogP contribution is 2.39. The molecule has 3 aromatic heterocycles. The summed E-state index contributed by atoms with van der Waals surface area (Å²) < 4.78 is 32.1. The van der Waals surface area contributed by atoms with Gasteiger partial charge in [-0.15, -0.1) is 21.5 Å². The van der Waals surface area contributed by atoms with Crippen molar-refractivity contribution in [1.29, 1.82) is 0 Å². The molecule has 8 heteroatoms. The molecule has 0 fully saturated rings. The Morgan fingerprint density at radius 1 is 1.25 bits per heavy atom. The zero-order valence-corrected chi connectivity index (χ0v) is 16.1. The number of halogens is 2. The van der Waals surface area contributed by atoms with Crippen LogP contribution in [0.5, 0.6) is 0 Å². The van der Waals surface area contributed by atoms with Crippen LogP contribution in [0.15, 0.2) is 52.6 Å². The lowest BCUT2D eigenvalue weighted by atomic mass is 10.0. The van der Waals surface area contributed by atoms with Gasteiger partial charge < -0.3 is 0 Å². The maximum Gasteiger partial charge on any atom is 0.330 e. The molecule has 0 N–H and O–H groups in total. The molecule has 142 valence electrons. The number of hydrogen-bond acceptors (Lipinski definition) is 5. The predicted octanol–water partition coefficient (Wildman–Crippen LogP) is 4.91. The highest BCUT2D eigenvalue weighted by Gasteiger charge is 2.42. The van der Waals surface area contributed by atoms with Gasteiger partial charge in [0, 0.05) is 17.3 Å². The monoisotopic (exact) mass is 397 g/mol. The zero-order valence-electron chi connectivity index (χ0n) is 15.3. The predicted molar refractivity (Wildman–Crippen MR) is 106 cm³/mol. The Labute approximate surface area is 164 Å². The molecule has 0 bridgehead atoms. The number of pyridine rings is 1. The van der Waals surface area contributed by atoms with Gasteiger partial charge in [0.05, 0.1) is 16.3 Å². The van der Waals surface area contributed by atoms with E-state index in [0.29, 0.717) is 22.8 Å². The van der Waals surface area contributed by atoms with Gasteiger partial charge in [0.15, 0.2) is 5.82 Å². The number of fused-ring (bicyclic) bond motifs is 1. The number of aromatic nitrogens is 4. The quantitative estimate of drug-likeness (QED) is 0.588. The van der Waals surface area contributed by atoms with Gasteiger partial charge in [-0.25, -0.2) is 0 Å². The number of rotatable bonds is 4. The summed E-state index contributed by atoms with van der Waals surface area (Å²) in [6.45, 7) is 3.39. The Kier molecular flexibility index (Phi) is 4.72. The number of aryl methyl sites for hydroxylation is 1. The largest absolute Gasteiger partial charge is 0.330 e. The highest BCUT2D eigenvalue weighted by atomic mass is 32.1. The number of alkyl halides is 2. The molecular weight excluding hydrogens is 380 g/mol. The summed E-state index contributed by atoms with van der Waals surface area (Å²) in [5.41, 5.74) is 1.86. The first-order valence-electron chi connectivity index (χ1n) is 8.69. The van der Waals surface area contributed by atoms with Gasteiger partial charge in [0.25, 0.3) is 0 Å². The Morgan fingerprint density at radius 3 is 2.89 bits per heavy atom. The van der Waals surface area contributed by atoms with E-state index in [-0.39, 0.29) is 12.0 Å². The van der Waals surface area contributed by atoms with Gasteiger partial charge in [-0.3, -0.25) is 4.98 Å². The summed E-state index contributed by atoms with van der Waals surface area (Å²) in [5, 5.41) is 13.9. The zero-order chi connectivity index (χ0) is 19.7. The van der Waals surface area contributed by atoms with E-state index in [1.165, 1.54) is 17.4 Å². The van der Waals surface area contributed by atoms with Crippen LogP contribution in [-0.2, 0) is 5.92 Å². The lowest BCUT2D eigenvalue weighted by Crippen LogP contribution is -2.22. The Morgan fingerprint density at radius 2 is 2.11 bits per heavy atom. The maximum absolute atomic E-state index is 15.5. The molecule has 4 rings (SSSR count). The first-order chi connectivity index (χ1) is 13.5. The first kappa shape index (κ1) is 18.4. The number of nitrogens with zero attached hydrogens (tertiary/aromatic N) is 5. The van der Waals surface area contributed by atoms with Gasteiger partial charge in [0.2, 0.25) is 5.82 Å². The minimum Gasteiger partial charge on any atom is -0.256 e. The molecule has 0 atom stereocenters. The van der Waals surface area contributed by atoms with E-state index < -0.39 is 11.7 Å². The molecule has 0 saturated carbocycles. The third-order valence-electron chi connectivity index (χ3n) is 4.42. The van der Waals surface area contributed by atoms with Crippen LogP contribution in [0.3, 0.4) is 0 Å². The van der Waals surface area contributed by atoms with E-state index in [4.69, 9.17) is 0 Å². The van der Waals surface area contributed by atoms with E-state index in [1.807, 2.05) is 17.5 Å². The second-order valence-electron chi connectivity index (χ2n) is 6.37. The van der Waals surface area contributed by atoms with E-state index in [1.54, 1.807) is 44.3 Å². The van der Waals surface area contributed by atoms with Crippen molar-refractivity contribution >= 4 is 29.2 Å². The summed E-state index contributed by atoms with van der Waals surface area (Å²) in [4.78, 5) is 5.13. The number of hydrogen-bond donors (Lipinski definition) is 0. The summed E-state index contributed by atoms with van der Waals surface area (Å²) >= 11 is 1.50. The molecule has 28 heavy (non-hydrogen) atoms. The van der Waals surface area contributed by atoms with Crippen LogP contribution in [0.25, 0.3) is 12.2 Å². The van der Waals surface area contributed by atoms with Crippen LogP contribution in [0.1, 0.15) is 41.1 Å². The highest BCUT2D eigenvalue weighted by molar-refractivity contribution is 7.12. The van der Waals surface area contributed by atoms with Crippen LogP contribution in [0.2, 0.25) is 0 Å². The fraction of sp³-hybridized carbons (Fsp3) is 0.200. The van der Waals surface area contributed by atoms with E-state index in [0.717, 1.165) is 9.55 Å². The standard InChI is InChI=1S/C20H17F2N5S/c1-13(18-9-5-11-28-18)26-27-14(2)24-25-19(27)20(21,22)16-7-3-8-17-15(12-16)6-4-10-23-17/h3-6,8-12H,7H2,1-2H3/b26-13+. The molecule has 5 nitrogen and oxygen atoms in total. The third-order valence-corrected chi connectivity index (χ3v) is 5.40. The Bertz CT molecular complexity index is 1090. The molecule has 0 radical (unpaired) electrons. The number of thiophene rings is 1. The molecule has 0 saturated heterocycles. The maximum atomic E-state index is 15.5. The van der Waals surface area contributed by atoms with Crippen molar-refractivity contribution in [2.75, 3.05) is 0 Å². The first-order valence-corrected chi connectivity index (χ1v) is 9.57. The molecule has 0 aliphatic heterocycles. The van der Waals surface area contributed by atoms with Crippen molar-refractivity contribution in [3.63, 3.8) is 0 Å². The van der Waals surface area contributed by atoms with Crippen LogP contribution in [0.4, 0.5) is 8.78 Å². The van der Waals surface area contributed by atoms with Gasteiger partial charge in [-0.2, -0.15) is 18.6 Å². The van der Waals surface area contributed by atoms with Crippen LogP contribution in [0, 0.1) is 6.92 Å². The molecule has 0 amide bonds. The number of allylic oxidation sites excluding steroid dienone is 2. The SMILES string of the molecule is C/C(=N\n1c(C)nnc1C(F)(F)C1=Cc2cccnc2C=CC1)c1cccs1. The van der Waals surface area contributed by atoms with Gasteiger partial charge in [-0.1, -0.05) is 18.2 Å². The van der Waals surface area contributed by atoms with Crippen molar-refractivity contribution < 1.29 is 8.78 Å². The van der Waals surface area contributed by atoms with Gasteiger partial charge in [-0.05, 0) is 49.9 Å². The molecule has 3 aromatic rings. The fourth-order valence-corrected chi connectivity index (χ4v) is 3.63. The third kappa shape index (κ3) is 3.31. The molecule has 1 aliphatic carbocycles. The normalized spacial score (nSPS) is 14.6. The van der Waals surface area contributed by atoms with Crippen molar-refractivity contribution in [3.8, 4) is 0 Å². The molecule has 0 spiro atoms. The minimum absolute atomic E-state index is 0.0758. The van der Waals surface area contributed by atoms with E-state index in [9.17, 15) is 0 Å². The molecule has 0 unspecified atom stereocenters.